The van der Waals surface area contributed by atoms with Crippen LogP contribution in [0.15, 0.2) is 0 Å². The van der Waals surface area contributed by atoms with E-state index in [9.17, 15) is 9.18 Å². The van der Waals surface area contributed by atoms with Crippen molar-refractivity contribution in [2.45, 2.75) is 19.0 Å². The second kappa shape index (κ2) is 4.56. The van der Waals surface area contributed by atoms with Gasteiger partial charge in [0, 0.05) is 20.6 Å². The molecule has 0 aromatic rings. The van der Waals surface area contributed by atoms with E-state index in [-0.39, 0.29) is 5.91 Å². The van der Waals surface area contributed by atoms with Crippen LogP contribution in [0, 0.1) is 0 Å². The minimum Gasteiger partial charge on any atom is -0.348 e. The molecule has 0 aromatic carbocycles. The van der Waals surface area contributed by atoms with E-state index in [1.54, 1.807) is 19.0 Å². The van der Waals surface area contributed by atoms with Crippen molar-refractivity contribution in [3.63, 3.8) is 0 Å². The molecule has 4 heteroatoms. The maximum absolute atomic E-state index is 12.9. The van der Waals surface area contributed by atoms with E-state index < -0.39 is 6.17 Å². The Morgan fingerprint density at radius 3 is 2.85 bits per heavy atom. The van der Waals surface area contributed by atoms with Crippen molar-refractivity contribution in [1.29, 1.82) is 0 Å². The number of carbonyl (C=O) groups excluding carboxylic acids is 1. The Labute approximate surface area is 78.5 Å². The Bertz CT molecular complexity index is 184. The lowest BCUT2D eigenvalue weighted by Gasteiger charge is -2.28. The first-order valence-electron chi connectivity index (χ1n) is 4.66. The number of carbonyl (C=O) groups is 1. The highest BCUT2D eigenvalue weighted by Crippen LogP contribution is 2.12. The lowest BCUT2D eigenvalue weighted by molar-refractivity contribution is -0.130. The van der Waals surface area contributed by atoms with E-state index >= 15 is 0 Å². The van der Waals surface area contributed by atoms with Crippen LogP contribution in [-0.2, 0) is 4.79 Å². The van der Waals surface area contributed by atoms with E-state index in [0.29, 0.717) is 19.5 Å². The third kappa shape index (κ3) is 3.30. The number of hydrogen-bond acceptors (Lipinski definition) is 2. The molecule has 0 bridgehead atoms. The SMILES string of the molecule is CN(C)C(=O)CN1CCC[C@H](F)C1. The first-order chi connectivity index (χ1) is 6.09. The van der Waals surface area contributed by atoms with Crippen LogP contribution in [0.3, 0.4) is 0 Å². The van der Waals surface area contributed by atoms with Gasteiger partial charge in [0.05, 0.1) is 6.54 Å². The number of halogens is 1. The van der Waals surface area contributed by atoms with Crippen LogP contribution in [0.2, 0.25) is 0 Å². The molecular formula is C9H17FN2O. The molecule has 1 amide bonds. The van der Waals surface area contributed by atoms with Crippen LogP contribution in [0.5, 0.6) is 0 Å². The standard InChI is InChI=1S/C9H17FN2O/c1-11(2)9(13)7-12-5-3-4-8(10)6-12/h8H,3-7H2,1-2H3/t8-/m0/s1. The normalized spacial score (nSPS) is 24.4. The number of nitrogens with zero attached hydrogens (tertiary/aromatic N) is 2. The molecule has 0 spiro atoms. The predicted octanol–water partition coefficient (Wildman–Crippen LogP) is 0.508. The van der Waals surface area contributed by atoms with Crippen molar-refractivity contribution >= 4 is 5.91 Å². The maximum atomic E-state index is 12.9. The Morgan fingerprint density at radius 1 is 1.62 bits per heavy atom. The zero-order valence-corrected chi connectivity index (χ0v) is 8.29. The van der Waals surface area contributed by atoms with E-state index in [2.05, 4.69) is 0 Å². The van der Waals surface area contributed by atoms with E-state index in [0.717, 1.165) is 13.0 Å². The number of likely N-dealkylation sites (tertiary alicyclic amines) is 1. The van der Waals surface area contributed by atoms with Crippen molar-refractivity contribution in [2.75, 3.05) is 33.7 Å². The van der Waals surface area contributed by atoms with Gasteiger partial charge in [-0.05, 0) is 19.4 Å². The molecular weight excluding hydrogens is 171 g/mol. The van der Waals surface area contributed by atoms with Crippen LogP contribution in [0.4, 0.5) is 4.39 Å². The van der Waals surface area contributed by atoms with Gasteiger partial charge in [-0.3, -0.25) is 9.69 Å². The number of rotatable bonds is 2. The Kier molecular flexibility index (Phi) is 3.66. The van der Waals surface area contributed by atoms with Gasteiger partial charge in [0.15, 0.2) is 0 Å². The molecule has 1 aliphatic rings. The quantitative estimate of drug-likeness (QED) is 0.630. The van der Waals surface area contributed by atoms with Gasteiger partial charge < -0.3 is 4.90 Å². The molecule has 0 saturated carbocycles. The predicted molar refractivity (Wildman–Crippen MR) is 49.3 cm³/mol. The summed E-state index contributed by atoms with van der Waals surface area (Å²) in [6.07, 6.45) is 0.762. The zero-order valence-electron chi connectivity index (χ0n) is 8.29. The fourth-order valence-electron chi connectivity index (χ4n) is 1.48. The Balaban J connectivity index is 2.31. The average molecular weight is 188 g/mol. The fraction of sp³-hybridized carbons (Fsp3) is 0.889. The summed E-state index contributed by atoms with van der Waals surface area (Å²) >= 11 is 0. The summed E-state index contributed by atoms with van der Waals surface area (Å²) < 4.78 is 12.9. The molecule has 0 radical (unpaired) electrons. The van der Waals surface area contributed by atoms with Gasteiger partial charge >= 0.3 is 0 Å². The summed E-state index contributed by atoms with van der Waals surface area (Å²) in [5, 5.41) is 0. The maximum Gasteiger partial charge on any atom is 0.236 e. The second-order valence-corrected chi connectivity index (χ2v) is 3.76. The molecule has 1 heterocycles. The highest BCUT2D eigenvalue weighted by molar-refractivity contribution is 5.77. The van der Waals surface area contributed by atoms with Crippen LogP contribution < -0.4 is 0 Å². The summed E-state index contributed by atoms with van der Waals surface area (Å²) in [6.45, 7) is 1.62. The van der Waals surface area contributed by atoms with Gasteiger partial charge in [0.2, 0.25) is 5.91 Å². The zero-order chi connectivity index (χ0) is 9.84. The number of amides is 1. The first-order valence-corrected chi connectivity index (χ1v) is 4.66. The number of piperidine rings is 1. The van der Waals surface area contributed by atoms with E-state index in [1.807, 2.05) is 4.90 Å². The second-order valence-electron chi connectivity index (χ2n) is 3.76. The molecule has 13 heavy (non-hydrogen) atoms. The largest absolute Gasteiger partial charge is 0.348 e. The molecule has 1 atom stereocenters. The fourth-order valence-corrected chi connectivity index (χ4v) is 1.48. The highest BCUT2D eigenvalue weighted by Gasteiger charge is 2.21. The molecule has 0 aliphatic carbocycles. The smallest absolute Gasteiger partial charge is 0.236 e. The summed E-state index contributed by atoms with van der Waals surface area (Å²) in [7, 11) is 3.44. The monoisotopic (exact) mass is 188 g/mol. The van der Waals surface area contributed by atoms with Gasteiger partial charge in [-0.25, -0.2) is 4.39 Å². The topological polar surface area (TPSA) is 23.6 Å². The van der Waals surface area contributed by atoms with Crippen molar-refractivity contribution < 1.29 is 9.18 Å². The minimum absolute atomic E-state index is 0.0501. The van der Waals surface area contributed by atoms with Crippen LogP contribution >= 0.6 is 0 Å². The van der Waals surface area contributed by atoms with Crippen molar-refractivity contribution in [3.05, 3.63) is 0 Å². The molecule has 3 nitrogen and oxygen atoms in total. The van der Waals surface area contributed by atoms with Crippen LogP contribution in [-0.4, -0.2) is 55.6 Å². The third-order valence-electron chi connectivity index (χ3n) is 2.31. The third-order valence-corrected chi connectivity index (χ3v) is 2.31. The average Bonchev–Trinajstić information content (AvgIpc) is 2.04. The lowest BCUT2D eigenvalue weighted by Crippen LogP contribution is -2.42. The first kappa shape index (κ1) is 10.4. The highest BCUT2D eigenvalue weighted by atomic mass is 19.1. The summed E-state index contributed by atoms with van der Waals surface area (Å²) in [4.78, 5) is 14.7. The minimum atomic E-state index is -0.747. The molecule has 1 fully saturated rings. The molecule has 76 valence electrons. The molecule has 1 rings (SSSR count). The van der Waals surface area contributed by atoms with Gasteiger partial charge in [-0.1, -0.05) is 0 Å². The molecule has 0 aromatic heterocycles. The van der Waals surface area contributed by atoms with E-state index in [4.69, 9.17) is 0 Å². The summed E-state index contributed by atoms with van der Waals surface area (Å²) in [5.41, 5.74) is 0. The van der Waals surface area contributed by atoms with Gasteiger partial charge in [-0.2, -0.15) is 0 Å². The van der Waals surface area contributed by atoms with Crippen molar-refractivity contribution in [2.24, 2.45) is 0 Å². The number of alkyl halides is 1. The summed E-state index contributed by atoms with van der Waals surface area (Å²) in [5.74, 6) is 0.0501. The molecule has 0 unspecified atom stereocenters. The number of likely N-dealkylation sites (N-methyl/N-ethyl adjacent to an activating group) is 1. The van der Waals surface area contributed by atoms with E-state index in [1.165, 1.54) is 0 Å². The summed E-state index contributed by atoms with van der Waals surface area (Å²) in [6, 6.07) is 0. The van der Waals surface area contributed by atoms with Crippen molar-refractivity contribution in [3.8, 4) is 0 Å². The van der Waals surface area contributed by atoms with Crippen LogP contribution in [0.1, 0.15) is 12.8 Å². The number of hydrogen-bond donors (Lipinski definition) is 0. The van der Waals surface area contributed by atoms with Gasteiger partial charge in [0.1, 0.15) is 6.17 Å². The lowest BCUT2D eigenvalue weighted by atomic mass is 10.1. The molecule has 0 N–H and O–H groups in total. The van der Waals surface area contributed by atoms with Gasteiger partial charge in [-0.15, -0.1) is 0 Å². The van der Waals surface area contributed by atoms with Crippen LogP contribution in [0.25, 0.3) is 0 Å². The Morgan fingerprint density at radius 2 is 2.31 bits per heavy atom. The molecule has 1 saturated heterocycles. The Hall–Kier alpha value is -0.640. The van der Waals surface area contributed by atoms with Gasteiger partial charge in [0.25, 0.3) is 0 Å². The molecule has 1 aliphatic heterocycles. The van der Waals surface area contributed by atoms with Crippen molar-refractivity contribution in [1.82, 2.24) is 9.80 Å².